The molecule has 2 aliphatic rings. The van der Waals surface area contributed by atoms with Crippen molar-refractivity contribution >= 4 is 17.0 Å². The number of ether oxygens (including phenoxy) is 2. The van der Waals surface area contributed by atoms with Gasteiger partial charge >= 0.3 is 5.97 Å². The number of benzene rings is 4. The number of H-pyrrole nitrogens is 1. The molecule has 1 heterocycles. The maximum atomic E-state index is 16.5. The van der Waals surface area contributed by atoms with E-state index in [1.165, 1.54) is 16.7 Å². The predicted octanol–water partition coefficient (Wildman–Crippen LogP) is 10.7. The zero-order chi connectivity index (χ0) is 35.9. The van der Waals surface area contributed by atoms with Crippen molar-refractivity contribution in [2.45, 2.75) is 90.4 Å². The number of aromatic nitrogens is 2. The molecular formula is C44H49FN2O4. The number of hydrogen-bond acceptors (Lipinski definition) is 4. The minimum Gasteiger partial charge on any atom is -0.496 e. The first-order chi connectivity index (χ1) is 24.5. The Morgan fingerprint density at radius 2 is 1.86 bits per heavy atom. The van der Waals surface area contributed by atoms with Crippen molar-refractivity contribution in [1.29, 1.82) is 0 Å². The maximum Gasteiger partial charge on any atom is 0.303 e. The largest absolute Gasteiger partial charge is 0.496 e. The molecule has 5 aromatic rings. The summed E-state index contributed by atoms with van der Waals surface area (Å²) >= 11 is 0. The van der Waals surface area contributed by atoms with Gasteiger partial charge in [0.15, 0.2) is 0 Å². The second kappa shape index (κ2) is 13.8. The number of imidazole rings is 1. The van der Waals surface area contributed by atoms with Gasteiger partial charge in [-0.3, -0.25) is 4.79 Å². The molecule has 0 bridgehead atoms. The summed E-state index contributed by atoms with van der Waals surface area (Å²) in [5, 5.41) is 8.95. The molecule has 266 valence electrons. The zero-order valence-corrected chi connectivity index (χ0v) is 30.4. The van der Waals surface area contributed by atoms with Gasteiger partial charge in [0.05, 0.1) is 30.3 Å². The number of carboxylic acid groups (broad SMARTS) is 1. The summed E-state index contributed by atoms with van der Waals surface area (Å²) in [6, 6.07) is 24.2. The first-order valence-electron chi connectivity index (χ1n) is 18.4. The number of aromatic amines is 1. The van der Waals surface area contributed by atoms with Crippen LogP contribution in [0.15, 0.2) is 72.8 Å². The van der Waals surface area contributed by atoms with Crippen LogP contribution < -0.4 is 9.47 Å². The predicted molar refractivity (Wildman–Crippen MR) is 201 cm³/mol. The van der Waals surface area contributed by atoms with Gasteiger partial charge in [-0.25, -0.2) is 9.37 Å². The van der Waals surface area contributed by atoms with E-state index in [1.54, 1.807) is 19.2 Å². The second-order valence-corrected chi connectivity index (χ2v) is 15.5. The molecule has 0 spiro atoms. The number of hydrogen-bond donors (Lipinski definition) is 2. The molecule has 7 heteroatoms. The average molecular weight is 689 g/mol. The summed E-state index contributed by atoms with van der Waals surface area (Å²) < 4.78 is 28.1. The quantitative estimate of drug-likeness (QED) is 0.135. The highest BCUT2D eigenvalue weighted by Gasteiger charge is 2.52. The van der Waals surface area contributed by atoms with Gasteiger partial charge in [-0.2, -0.15) is 0 Å². The van der Waals surface area contributed by atoms with Crippen molar-refractivity contribution in [2.75, 3.05) is 13.7 Å². The van der Waals surface area contributed by atoms with Gasteiger partial charge in [0, 0.05) is 24.1 Å². The zero-order valence-electron chi connectivity index (χ0n) is 30.4. The van der Waals surface area contributed by atoms with E-state index in [4.69, 9.17) is 19.6 Å². The van der Waals surface area contributed by atoms with E-state index in [2.05, 4.69) is 50.9 Å². The van der Waals surface area contributed by atoms with Crippen LogP contribution in [0.1, 0.15) is 94.4 Å². The number of fused-ring (bicyclic) bond motifs is 4. The highest BCUT2D eigenvalue weighted by molar-refractivity contribution is 5.90. The fraction of sp³-hybridized carbons (Fsp3) is 0.409. The van der Waals surface area contributed by atoms with Crippen LogP contribution >= 0.6 is 0 Å². The summed E-state index contributed by atoms with van der Waals surface area (Å²) in [6.45, 7) is 9.75. The number of carboxylic acids is 1. The Labute approximate surface area is 300 Å². The Balaban J connectivity index is 1.30. The van der Waals surface area contributed by atoms with E-state index in [0.29, 0.717) is 46.7 Å². The van der Waals surface area contributed by atoms with E-state index >= 15 is 4.39 Å². The van der Waals surface area contributed by atoms with Crippen LogP contribution in [0.4, 0.5) is 4.39 Å². The summed E-state index contributed by atoms with van der Waals surface area (Å²) in [4.78, 5) is 19.6. The number of carbonyl (C=O) groups is 1. The van der Waals surface area contributed by atoms with Crippen LogP contribution in [0.25, 0.3) is 33.5 Å². The maximum absolute atomic E-state index is 16.5. The first-order valence-corrected chi connectivity index (χ1v) is 18.4. The molecule has 7 rings (SSSR count). The van der Waals surface area contributed by atoms with Gasteiger partial charge in [0.2, 0.25) is 0 Å². The molecule has 0 aliphatic heterocycles. The van der Waals surface area contributed by atoms with Crippen molar-refractivity contribution < 1.29 is 23.8 Å². The molecule has 0 radical (unpaired) electrons. The molecule has 1 fully saturated rings. The third kappa shape index (κ3) is 6.52. The summed E-state index contributed by atoms with van der Waals surface area (Å²) in [5.41, 5.74) is 9.02. The standard InChI is InChI=1S/C44H49FN2O4/c1-27(2)29-14-18-34-30(23-29)15-19-38-43(3,20-10-21-44(34,38)4)26-33-40(28-11-7-6-8-12-28)35(45)25-36-41(33)47-42(46-36)32-17-16-31(24-37(32)50-5)51-22-9-13-39(48)49/h6-8,11-12,14,16-18,23-25,27,38H,9-10,13,15,19-22,26H2,1-5H3,(H,46,47)(H,48,49)/t38-,43+,44+/m0/s1. The molecule has 1 aromatic heterocycles. The molecule has 2 aliphatic carbocycles. The fourth-order valence-electron chi connectivity index (χ4n) is 9.39. The molecule has 0 unspecified atom stereocenters. The number of nitrogens with zero attached hydrogens (tertiary/aromatic N) is 1. The molecule has 0 saturated heterocycles. The highest BCUT2D eigenvalue weighted by Crippen LogP contribution is 2.59. The third-order valence-electron chi connectivity index (χ3n) is 11.9. The van der Waals surface area contributed by atoms with E-state index in [-0.39, 0.29) is 29.7 Å². The fourth-order valence-corrected chi connectivity index (χ4v) is 9.39. The van der Waals surface area contributed by atoms with Gasteiger partial charge in [0.1, 0.15) is 23.1 Å². The summed E-state index contributed by atoms with van der Waals surface area (Å²) in [7, 11) is 1.60. The van der Waals surface area contributed by atoms with Crippen LogP contribution in [0, 0.1) is 17.2 Å². The minimum atomic E-state index is -0.849. The van der Waals surface area contributed by atoms with Crippen LogP contribution in [0.5, 0.6) is 11.5 Å². The number of methoxy groups -OCH3 is 1. The van der Waals surface area contributed by atoms with Gasteiger partial charge in [-0.15, -0.1) is 0 Å². The van der Waals surface area contributed by atoms with Gasteiger partial charge in [0.25, 0.3) is 0 Å². The smallest absolute Gasteiger partial charge is 0.303 e. The molecule has 51 heavy (non-hydrogen) atoms. The van der Waals surface area contributed by atoms with Crippen molar-refractivity contribution in [1.82, 2.24) is 9.97 Å². The lowest BCUT2D eigenvalue weighted by Crippen LogP contribution is -2.50. The third-order valence-corrected chi connectivity index (χ3v) is 11.9. The molecular weight excluding hydrogens is 639 g/mol. The highest BCUT2D eigenvalue weighted by atomic mass is 19.1. The minimum absolute atomic E-state index is 0.0452. The molecule has 6 nitrogen and oxygen atoms in total. The Morgan fingerprint density at radius 3 is 2.61 bits per heavy atom. The van der Waals surface area contributed by atoms with Crippen LogP contribution in [0.2, 0.25) is 0 Å². The van der Waals surface area contributed by atoms with E-state index in [1.807, 2.05) is 42.5 Å². The Hall–Kier alpha value is -4.65. The average Bonchev–Trinajstić information content (AvgIpc) is 3.53. The van der Waals surface area contributed by atoms with Crippen molar-refractivity contribution in [3.8, 4) is 34.0 Å². The number of halogens is 1. The Bertz CT molecular complexity index is 2070. The van der Waals surface area contributed by atoms with E-state index in [9.17, 15) is 4.79 Å². The molecule has 0 amide bonds. The monoisotopic (exact) mass is 688 g/mol. The lowest BCUT2D eigenvalue weighted by atomic mass is 9.48. The Kier molecular flexibility index (Phi) is 9.42. The van der Waals surface area contributed by atoms with Gasteiger partial charge in [-0.1, -0.05) is 82.6 Å². The molecule has 2 N–H and O–H groups in total. The SMILES string of the molecule is COc1cc(OCCCC(=O)O)ccc1-c1nc2c(C[C@@]3(C)CCC[C@]4(C)c5ccc(C(C)C)cc5CC[C@@H]34)c(-c3ccccc3)c(F)cc2[nH]1. The molecule has 3 atom stereocenters. The number of rotatable bonds is 11. The second-order valence-electron chi connectivity index (χ2n) is 15.5. The normalized spacial score (nSPS) is 21.4. The van der Waals surface area contributed by atoms with E-state index < -0.39 is 5.97 Å². The van der Waals surface area contributed by atoms with Crippen LogP contribution in [-0.2, 0) is 23.1 Å². The number of aliphatic carboxylic acids is 1. The lowest BCUT2D eigenvalue weighted by molar-refractivity contribution is -0.137. The number of aryl methyl sites for hydroxylation is 1. The molecule has 4 aromatic carbocycles. The summed E-state index contributed by atoms with van der Waals surface area (Å²) in [5.74, 6) is 1.58. The van der Waals surface area contributed by atoms with E-state index in [0.717, 1.165) is 60.7 Å². The van der Waals surface area contributed by atoms with Crippen molar-refractivity contribution in [3.63, 3.8) is 0 Å². The topological polar surface area (TPSA) is 84.4 Å². The lowest BCUT2D eigenvalue weighted by Gasteiger charge is -2.56. The molecule has 1 saturated carbocycles. The van der Waals surface area contributed by atoms with Crippen LogP contribution in [0.3, 0.4) is 0 Å². The van der Waals surface area contributed by atoms with Crippen molar-refractivity contribution in [3.05, 3.63) is 101 Å². The summed E-state index contributed by atoms with van der Waals surface area (Å²) in [6.07, 6.45) is 6.73. The number of nitrogens with one attached hydrogen (secondary N) is 1. The van der Waals surface area contributed by atoms with Crippen LogP contribution in [-0.4, -0.2) is 34.8 Å². The first kappa shape index (κ1) is 34.8. The van der Waals surface area contributed by atoms with Gasteiger partial charge < -0.3 is 19.6 Å². The van der Waals surface area contributed by atoms with Crippen molar-refractivity contribution in [2.24, 2.45) is 11.3 Å². The Morgan fingerprint density at radius 1 is 1.06 bits per heavy atom. The van der Waals surface area contributed by atoms with Gasteiger partial charge in [-0.05, 0) is 101 Å².